The van der Waals surface area contributed by atoms with Crippen molar-refractivity contribution < 1.29 is 4.79 Å². The molecule has 0 spiro atoms. The van der Waals surface area contributed by atoms with Crippen LogP contribution in [0.3, 0.4) is 0 Å². The molecule has 2 aromatic carbocycles. The second-order valence-corrected chi connectivity index (χ2v) is 4.66. The number of rotatable bonds is 3. The van der Waals surface area contributed by atoms with Crippen LogP contribution >= 0.6 is 0 Å². The fourth-order valence-electron chi connectivity index (χ4n) is 2.11. The molecule has 2 heteroatoms. The maximum atomic E-state index is 10.9. The average Bonchev–Trinajstić information content (AvgIpc) is 2.47. The first-order chi connectivity index (χ1) is 9.17. The Hall–Kier alpha value is -2.40. The quantitative estimate of drug-likeness (QED) is 0.775. The third-order valence-electron chi connectivity index (χ3n) is 3.33. The van der Waals surface area contributed by atoms with Gasteiger partial charge in [0.25, 0.3) is 0 Å². The molecule has 19 heavy (non-hydrogen) atoms. The van der Waals surface area contributed by atoms with Gasteiger partial charge in [0.2, 0.25) is 0 Å². The molecular formula is C17H15NO. The number of aldehydes is 1. The lowest BCUT2D eigenvalue weighted by Gasteiger charge is -2.12. The minimum atomic E-state index is -0.131. The summed E-state index contributed by atoms with van der Waals surface area (Å²) in [5, 5.41) is 9.19. The molecule has 94 valence electrons. The average molecular weight is 249 g/mol. The third kappa shape index (κ3) is 2.56. The molecule has 1 atom stereocenters. The van der Waals surface area contributed by atoms with Crippen LogP contribution < -0.4 is 0 Å². The molecule has 0 aromatic heterocycles. The second-order valence-electron chi connectivity index (χ2n) is 4.66. The van der Waals surface area contributed by atoms with E-state index in [0.29, 0.717) is 5.56 Å². The van der Waals surface area contributed by atoms with Crippen LogP contribution in [-0.4, -0.2) is 6.29 Å². The van der Waals surface area contributed by atoms with Crippen molar-refractivity contribution in [2.24, 2.45) is 0 Å². The SMILES string of the molecule is Cc1ccc(C(C)C=O)cc1-c1ccccc1C#N. The molecule has 2 aromatic rings. The zero-order valence-corrected chi connectivity index (χ0v) is 11.1. The monoisotopic (exact) mass is 249 g/mol. The van der Waals surface area contributed by atoms with E-state index < -0.39 is 0 Å². The molecule has 0 aliphatic heterocycles. The van der Waals surface area contributed by atoms with Gasteiger partial charge in [-0.2, -0.15) is 5.26 Å². The number of benzene rings is 2. The van der Waals surface area contributed by atoms with Crippen LogP contribution in [0.15, 0.2) is 42.5 Å². The Bertz CT molecular complexity index is 653. The molecule has 0 radical (unpaired) electrons. The van der Waals surface area contributed by atoms with Crippen LogP contribution in [0.1, 0.15) is 29.5 Å². The fourth-order valence-corrected chi connectivity index (χ4v) is 2.11. The van der Waals surface area contributed by atoms with Gasteiger partial charge in [0.15, 0.2) is 0 Å². The summed E-state index contributed by atoms with van der Waals surface area (Å²) in [6, 6.07) is 15.7. The summed E-state index contributed by atoms with van der Waals surface area (Å²) >= 11 is 0. The second kappa shape index (κ2) is 5.49. The lowest BCUT2D eigenvalue weighted by molar-refractivity contribution is -0.108. The number of nitrogens with zero attached hydrogens (tertiary/aromatic N) is 1. The maximum Gasteiger partial charge on any atom is 0.127 e. The van der Waals surface area contributed by atoms with Gasteiger partial charge < -0.3 is 4.79 Å². The molecule has 1 unspecified atom stereocenters. The first-order valence-corrected chi connectivity index (χ1v) is 6.22. The molecule has 0 saturated carbocycles. The molecule has 0 heterocycles. The van der Waals surface area contributed by atoms with Gasteiger partial charge in [-0.15, -0.1) is 0 Å². The largest absolute Gasteiger partial charge is 0.303 e. The van der Waals surface area contributed by atoms with Crippen molar-refractivity contribution in [2.45, 2.75) is 19.8 Å². The summed E-state index contributed by atoms with van der Waals surface area (Å²) in [5.41, 5.74) is 4.67. The summed E-state index contributed by atoms with van der Waals surface area (Å²) in [6.07, 6.45) is 0.935. The van der Waals surface area contributed by atoms with Gasteiger partial charge in [0.05, 0.1) is 11.6 Å². The van der Waals surface area contributed by atoms with Crippen molar-refractivity contribution in [2.75, 3.05) is 0 Å². The lowest BCUT2D eigenvalue weighted by atomic mass is 9.92. The highest BCUT2D eigenvalue weighted by atomic mass is 16.1. The molecule has 0 fully saturated rings. The number of nitriles is 1. The van der Waals surface area contributed by atoms with Crippen molar-refractivity contribution in [1.82, 2.24) is 0 Å². The van der Waals surface area contributed by atoms with Crippen LogP contribution in [0, 0.1) is 18.3 Å². The molecule has 0 N–H and O–H groups in total. The van der Waals surface area contributed by atoms with Crippen molar-refractivity contribution >= 4 is 6.29 Å². The summed E-state index contributed by atoms with van der Waals surface area (Å²) in [7, 11) is 0. The Kier molecular flexibility index (Phi) is 3.77. The van der Waals surface area contributed by atoms with Gasteiger partial charge in [-0.3, -0.25) is 0 Å². The number of hydrogen-bond donors (Lipinski definition) is 0. The Balaban J connectivity index is 2.62. The van der Waals surface area contributed by atoms with E-state index in [4.69, 9.17) is 0 Å². The van der Waals surface area contributed by atoms with E-state index in [1.165, 1.54) is 0 Å². The van der Waals surface area contributed by atoms with Gasteiger partial charge in [-0.25, -0.2) is 0 Å². The van der Waals surface area contributed by atoms with Crippen molar-refractivity contribution in [3.63, 3.8) is 0 Å². The topological polar surface area (TPSA) is 40.9 Å². The highest BCUT2D eigenvalue weighted by molar-refractivity contribution is 5.75. The van der Waals surface area contributed by atoms with Crippen LogP contribution in [0.4, 0.5) is 0 Å². The number of carbonyl (C=O) groups is 1. The predicted octanol–water partition coefficient (Wildman–Crippen LogP) is 3.84. The van der Waals surface area contributed by atoms with Crippen molar-refractivity contribution in [3.05, 3.63) is 59.2 Å². The van der Waals surface area contributed by atoms with Gasteiger partial charge in [-0.05, 0) is 35.2 Å². The first kappa shape index (κ1) is 13.0. The molecule has 0 bridgehead atoms. The zero-order valence-electron chi connectivity index (χ0n) is 11.1. The summed E-state index contributed by atoms with van der Waals surface area (Å²) in [6.45, 7) is 3.89. The third-order valence-corrected chi connectivity index (χ3v) is 3.33. The number of carbonyl (C=O) groups excluding carboxylic acids is 1. The summed E-state index contributed by atoms with van der Waals surface area (Å²) < 4.78 is 0. The minimum absolute atomic E-state index is 0.131. The zero-order chi connectivity index (χ0) is 13.8. The summed E-state index contributed by atoms with van der Waals surface area (Å²) in [5.74, 6) is -0.131. The predicted molar refractivity (Wildman–Crippen MR) is 75.8 cm³/mol. The van der Waals surface area contributed by atoms with Crippen molar-refractivity contribution in [1.29, 1.82) is 5.26 Å². The Labute approximate surface area is 113 Å². The van der Waals surface area contributed by atoms with Gasteiger partial charge in [0.1, 0.15) is 6.29 Å². The lowest BCUT2D eigenvalue weighted by Crippen LogP contribution is -1.96. The minimum Gasteiger partial charge on any atom is -0.303 e. The molecule has 0 saturated heterocycles. The van der Waals surface area contributed by atoms with Crippen LogP contribution in [0.25, 0.3) is 11.1 Å². The van der Waals surface area contributed by atoms with E-state index >= 15 is 0 Å². The molecular weight excluding hydrogens is 234 g/mol. The van der Waals surface area contributed by atoms with E-state index in [1.54, 1.807) is 0 Å². The fraction of sp³-hybridized carbons (Fsp3) is 0.176. The van der Waals surface area contributed by atoms with Gasteiger partial charge >= 0.3 is 0 Å². The highest BCUT2D eigenvalue weighted by Gasteiger charge is 2.10. The first-order valence-electron chi connectivity index (χ1n) is 6.22. The maximum absolute atomic E-state index is 10.9. The van der Waals surface area contributed by atoms with Crippen LogP contribution in [0.5, 0.6) is 0 Å². The Morgan fingerprint density at radius 3 is 2.58 bits per heavy atom. The van der Waals surface area contributed by atoms with E-state index in [9.17, 15) is 10.1 Å². The molecule has 0 aliphatic carbocycles. The van der Waals surface area contributed by atoms with Gasteiger partial charge in [-0.1, -0.05) is 43.3 Å². The van der Waals surface area contributed by atoms with E-state index in [-0.39, 0.29) is 5.92 Å². The normalized spacial score (nSPS) is 11.6. The molecule has 2 nitrogen and oxygen atoms in total. The highest BCUT2D eigenvalue weighted by Crippen LogP contribution is 2.29. The van der Waals surface area contributed by atoms with E-state index in [0.717, 1.165) is 28.5 Å². The number of aryl methyl sites for hydroxylation is 1. The molecule has 0 amide bonds. The van der Waals surface area contributed by atoms with Crippen LogP contribution in [0.2, 0.25) is 0 Å². The molecule has 0 aliphatic rings. The standard InChI is InChI=1S/C17H15NO/c1-12-7-8-14(13(2)11-19)9-17(12)16-6-4-3-5-15(16)10-18/h3-9,11,13H,1-2H3. The van der Waals surface area contributed by atoms with Gasteiger partial charge in [0, 0.05) is 5.92 Å². The summed E-state index contributed by atoms with van der Waals surface area (Å²) in [4.78, 5) is 10.9. The van der Waals surface area contributed by atoms with E-state index in [2.05, 4.69) is 6.07 Å². The molecule has 2 rings (SSSR count). The van der Waals surface area contributed by atoms with Crippen LogP contribution in [-0.2, 0) is 4.79 Å². The Morgan fingerprint density at radius 2 is 1.89 bits per heavy atom. The Morgan fingerprint density at radius 1 is 1.16 bits per heavy atom. The van der Waals surface area contributed by atoms with E-state index in [1.807, 2.05) is 56.3 Å². The van der Waals surface area contributed by atoms with Crippen molar-refractivity contribution in [3.8, 4) is 17.2 Å². The number of hydrogen-bond acceptors (Lipinski definition) is 2. The smallest absolute Gasteiger partial charge is 0.127 e.